The van der Waals surface area contributed by atoms with Crippen molar-refractivity contribution in [2.45, 2.75) is 25.8 Å². The molecule has 0 radical (unpaired) electrons. The lowest BCUT2D eigenvalue weighted by atomic mass is 10.1. The Hall–Kier alpha value is -3.68. The van der Waals surface area contributed by atoms with Crippen molar-refractivity contribution in [1.29, 1.82) is 0 Å². The molecule has 34 heavy (non-hydrogen) atoms. The Labute approximate surface area is 192 Å². The highest BCUT2D eigenvalue weighted by Crippen LogP contribution is 2.33. The number of carbonyl (C=O) groups excluding carboxylic acids is 1. The number of morpholine rings is 1. The number of alkyl halides is 3. The van der Waals surface area contributed by atoms with E-state index < -0.39 is 22.4 Å². The fourth-order valence-electron chi connectivity index (χ4n) is 3.83. The number of amides is 2. The van der Waals surface area contributed by atoms with Crippen molar-refractivity contribution in [1.82, 2.24) is 19.8 Å². The number of ether oxygens (including phenoxy) is 1. The van der Waals surface area contributed by atoms with E-state index in [4.69, 9.17) is 4.74 Å². The second kappa shape index (κ2) is 9.29. The van der Waals surface area contributed by atoms with Gasteiger partial charge in [-0.2, -0.15) is 18.2 Å². The molecule has 1 aromatic heterocycles. The average molecular weight is 481 g/mol. The van der Waals surface area contributed by atoms with Gasteiger partial charge in [0.15, 0.2) is 0 Å². The number of urea groups is 1. The Morgan fingerprint density at radius 2 is 1.91 bits per heavy atom. The SMILES string of the molecule is CNc1nc2c(c(NCc3cc([N+](=O)[O-])cc(C(F)(F)F)c3)n1)CN(C(=O)N1CCOCC1)C2. The van der Waals surface area contributed by atoms with Crippen LogP contribution in [0.3, 0.4) is 0 Å². The average Bonchev–Trinajstić information content (AvgIpc) is 3.26. The summed E-state index contributed by atoms with van der Waals surface area (Å²) in [5, 5.41) is 16.9. The molecule has 2 aliphatic heterocycles. The third-order valence-electron chi connectivity index (χ3n) is 5.53. The maximum atomic E-state index is 13.2. The van der Waals surface area contributed by atoms with Gasteiger partial charge in [0.25, 0.3) is 5.69 Å². The van der Waals surface area contributed by atoms with E-state index in [0.717, 1.165) is 12.1 Å². The van der Waals surface area contributed by atoms with Gasteiger partial charge in [0.1, 0.15) is 5.82 Å². The molecule has 0 unspecified atom stereocenters. The molecular weight excluding hydrogens is 459 g/mol. The number of nitro groups is 1. The number of carbonyl (C=O) groups is 1. The van der Waals surface area contributed by atoms with Gasteiger partial charge < -0.3 is 25.2 Å². The lowest BCUT2D eigenvalue weighted by Gasteiger charge is -2.30. The van der Waals surface area contributed by atoms with Crippen molar-refractivity contribution >= 4 is 23.5 Å². The minimum atomic E-state index is -4.73. The number of rotatable bonds is 5. The molecule has 1 aromatic carbocycles. The van der Waals surface area contributed by atoms with Crippen LogP contribution in [0, 0.1) is 10.1 Å². The van der Waals surface area contributed by atoms with E-state index >= 15 is 0 Å². The Morgan fingerprint density at radius 3 is 2.56 bits per heavy atom. The molecule has 2 aliphatic rings. The summed E-state index contributed by atoms with van der Waals surface area (Å²) in [4.78, 5) is 35.2. The number of nitrogens with zero attached hydrogens (tertiary/aromatic N) is 5. The summed E-state index contributed by atoms with van der Waals surface area (Å²) in [5.74, 6) is 0.614. The molecule has 2 aromatic rings. The molecule has 14 heteroatoms. The molecule has 1 saturated heterocycles. The molecule has 2 N–H and O–H groups in total. The topological polar surface area (TPSA) is 126 Å². The molecule has 0 bridgehead atoms. The van der Waals surface area contributed by atoms with Crippen LogP contribution in [0.2, 0.25) is 0 Å². The van der Waals surface area contributed by atoms with Gasteiger partial charge in [0.2, 0.25) is 5.95 Å². The first-order chi connectivity index (χ1) is 16.2. The minimum Gasteiger partial charge on any atom is -0.378 e. The standard InChI is InChI=1S/C20H22F3N7O4/c1-24-18-26-16-11-29(19(31)28-2-4-34-5-3-28)10-15(16)17(27-18)25-9-12-6-13(20(21,22)23)8-14(7-12)30(32)33/h6-8H,2-5,9-11H2,1H3,(H2,24,25,26,27). The van der Waals surface area contributed by atoms with Crippen molar-refractivity contribution in [3.8, 4) is 0 Å². The van der Waals surface area contributed by atoms with Crippen LogP contribution >= 0.6 is 0 Å². The van der Waals surface area contributed by atoms with Crippen LogP contribution in [0.4, 0.5) is 35.4 Å². The number of aromatic nitrogens is 2. The number of anilines is 2. The largest absolute Gasteiger partial charge is 0.416 e. The van der Waals surface area contributed by atoms with Crippen LogP contribution in [-0.2, 0) is 30.5 Å². The smallest absolute Gasteiger partial charge is 0.378 e. The van der Waals surface area contributed by atoms with Gasteiger partial charge in [-0.25, -0.2) is 9.78 Å². The Kier molecular flexibility index (Phi) is 6.41. The van der Waals surface area contributed by atoms with E-state index in [9.17, 15) is 28.1 Å². The van der Waals surface area contributed by atoms with Gasteiger partial charge in [-0.3, -0.25) is 10.1 Å². The number of hydrogen-bond donors (Lipinski definition) is 2. The molecule has 182 valence electrons. The van der Waals surface area contributed by atoms with Crippen molar-refractivity contribution in [3.63, 3.8) is 0 Å². The van der Waals surface area contributed by atoms with E-state index in [1.807, 2.05) is 0 Å². The number of non-ortho nitro benzene ring substituents is 1. The minimum absolute atomic E-state index is 0.0686. The van der Waals surface area contributed by atoms with E-state index in [1.165, 1.54) is 0 Å². The molecule has 0 atom stereocenters. The number of benzene rings is 1. The molecule has 1 fully saturated rings. The maximum Gasteiger partial charge on any atom is 0.416 e. The number of hydrogen-bond acceptors (Lipinski definition) is 8. The fraction of sp³-hybridized carbons (Fsp3) is 0.450. The van der Waals surface area contributed by atoms with Crippen molar-refractivity contribution in [2.24, 2.45) is 0 Å². The van der Waals surface area contributed by atoms with Crippen LogP contribution in [0.5, 0.6) is 0 Å². The summed E-state index contributed by atoms with van der Waals surface area (Å²) < 4.78 is 44.9. The fourth-order valence-corrected chi connectivity index (χ4v) is 3.83. The first-order valence-electron chi connectivity index (χ1n) is 10.4. The maximum absolute atomic E-state index is 13.2. The van der Waals surface area contributed by atoms with Crippen LogP contribution < -0.4 is 10.6 Å². The Balaban J connectivity index is 1.56. The second-order valence-electron chi connectivity index (χ2n) is 7.81. The van der Waals surface area contributed by atoms with Crippen molar-refractivity contribution in [3.05, 3.63) is 50.7 Å². The summed E-state index contributed by atoms with van der Waals surface area (Å²) in [6.45, 7) is 2.23. The summed E-state index contributed by atoms with van der Waals surface area (Å²) in [7, 11) is 1.62. The summed E-state index contributed by atoms with van der Waals surface area (Å²) >= 11 is 0. The number of halogens is 3. The summed E-state index contributed by atoms with van der Waals surface area (Å²) in [5.41, 5.74) is -0.443. The number of nitrogens with one attached hydrogen (secondary N) is 2. The highest BCUT2D eigenvalue weighted by atomic mass is 19.4. The Bertz CT molecular complexity index is 1110. The first kappa shape index (κ1) is 23.5. The predicted octanol–water partition coefficient (Wildman–Crippen LogP) is 2.83. The molecular formula is C20H22F3N7O4. The van der Waals surface area contributed by atoms with Gasteiger partial charge in [0, 0.05) is 44.4 Å². The molecule has 11 nitrogen and oxygen atoms in total. The van der Waals surface area contributed by atoms with Crippen LogP contribution in [0.1, 0.15) is 22.4 Å². The van der Waals surface area contributed by atoms with E-state index in [2.05, 4.69) is 20.6 Å². The zero-order valence-electron chi connectivity index (χ0n) is 18.2. The molecule has 0 saturated carbocycles. The van der Waals surface area contributed by atoms with Gasteiger partial charge >= 0.3 is 12.2 Å². The van der Waals surface area contributed by atoms with Crippen molar-refractivity contribution in [2.75, 3.05) is 44.0 Å². The van der Waals surface area contributed by atoms with Gasteiger partial charge in [-0.1, -0.05) is 0 Å². The van der Waals surface area contributed by atoms with E-state index in [1.54, 1.807) is 16.8 Å². The van der Waals surface area contributed by atoms with Gasteiger partial charge in [0.05, 0.1) is 42.5 Å². The van der Waals surface area contributed by atoms with E-state index in [0.29, 0.717) is 49.4 Å². The number of nitro benzene ring substituents is 1. The Morgan fingerprint density at radius 1 is 1.18 bits per heavy atom. The number of fused-ring (bicyclic) bond motifs is 1. The second-order valence-corrected chi connectivity index (χ2v) is 7.81. The van der Waals surface area contributed by atoms with Crippen LogP contribution in [0.15, 0.2) is 18.2 Å². The highest BCUT2D eigenvalue weighted by Gasteiger charge is 2.34. The van der Waals surface area contributed by atoms with Crippen molar-refractivity contribution < 1.29 is 27.6 Å². The summed E-state index contributed by atoms with van der Waals surface area (Å²) in [6.07, 6.45) is -4.73. The third-order valence-corrected chi connectivity index (χ3v) is 5.53. The van der Waals surface area contributed by atoms with Gasteiger partial charge in [-0.05, 0) is 11.6 Å². The molecule has 2 amide bonds. The lowest BCUT2D eigenvalue weighted by Crippen LogP contribution is -2.46. The molecule has 0 spiro atoms. The predicted molar refractivity (Wildman–Crippen MR) is 114 cm³/mol. The first-order valence-corrected chi connectivity index (χ1v) is 10.4. The third kappa shape index (κ3) is 4.95. The lowest BCUT2D eigenvalue weighted by molar-refractivity contribution is -0.385. The normalized spacial score (nSPS) is 15.8. The van der Waals surface area contributed by atoms with Crippen LogP contribution in [0.25, 0.3) is 0 Å². The summed E-state index contributed by atoms with van der Waals surface area (Å²) in [6, 6.07) is 2.28. The monoisotopic (exact) mass is 481 g/mol. The zero-order chi connectivity index (χ0) is 24.5. The molecule has 3 heterocycles. The quantitative estimate of drug-likeness (QED) is 0.493. The molecule has 4 rings (SSSR count). The zero-order valence-corrected chi connectivity index (χ0v) is 18.2. The molecule has 0 aliphatic carbocycles. The van der Waals surface area contributed by atoms with E-state index in [-0.39, 0.29) is 37.2 Å². The highest BCUT2D eigenvalue weighted by molar-refractivity contribution is 5.76. The van der Waals surface area contributed by atoms with Gasteiger partial charge in [-0.15, -0.1) is 0 Å². The van der Waals surface area contributed by atoms with Crippen LogP contribution in [-0.4, -0.2) is 64.1 Å².